The van der Waals surface area contributed by atoms with E-state index in [-0.39, 0.29) is 11.5 Å². The van der Waals surface area contributed by atoms with Crippen molar-refractivity contribution in [2.75, 3.05) is 0 Å². The van der Waals surface area contributed by atoms with E-state index < -0.39 is 7.82 Å². The van der Waals surface area contributed by atoms with Gasteiger partial charge in [0.2, 0.25) is 0 Å². The number of phosphoric acid groups is 1. The molecule has 0 bridgehead atoms. The quantitative estimate of drug-likeness (QED) is 0.211. The highest BCUT2D eigenvalue weighted by Crippen LogP contribution is 2.61. The average molecular weight is 569 g/mol. The number of phosphoric ester groups is 1. The standard InChI is InChI=1S/C32H19Cl2O4P/c33-23-13-9-19(10-14-23)27-17-21-5-1-3-7-25(21)29-30-26-8-4-2-6-22(26)18-28(20-11-15-24(34)16-12-20)32(30)38-39(35,36)37-31(27)29/h1-18H,(H,35,36). The first-order chi connectivity index (χ1) is 18.9. The second-order valence-electron chi connectivity index (χ2n) is 9.36. The molecule has 39 heavy (non-hydrogen) atoms. The number of halogens is 2. The Morgan fingerprint density at radius 1 is 0.564 bits per heavy atom. The summed E-state index contributed by atoms with van der Waals surface area (Å²) in [6.07, 6.45) is 0. The van der Waals surface area contributed by atoms with Gasteiger partial charge in [-0.25, -0.2) is 4.57 Å². The van der Waals surface area contributed by atoms with Gasteiger partial charge in [0, 0.05) is 32.3 Å². The predicted molar refractivity (Wildman–Crippen MR) is 159 cm³/mol. The summed E-state index contributed by atoms with van der Waals surface area (Å²) in [6.45, 7) is 0. The van der Waals surface area contributed by atoms with Crippen molar-refractivity contribution in [2.24, 2.45) is 0 Å². The van der Waals surface area contributed by atoms with Gasteiger partial charge in [-0.1, -0.05) is 96.0 Å². The van der Waals surface area contributed by atoms with Gasteiger partial charge in [0.05, 0.1) is 0 Å². The lowest BCUT2D eigenvalue weighted by atomic mass is 9.86. The van der Waals surface area contributed by atoms with Crippen LogP contribution in [0.4, 0.5) is 0 Å². The first kappa shape index (κ1) is 24.3. The van der Waals surface area contributed by atoms with Gasteiger partial charge in [-0.3, -0.25) is 4.89 Å². The van der Waals surface area contributed by atoms with E-state index >= 15 is 0 Å². The minimum atomic E-state index is -4.62. The van der Waals surface area contributed by atoms with Crippen LogP contribution in [0.1, 0.15) is 0 Å². The molecule has 0 aromatic heterocycles. The minimum absolute atomic E-state index is 0.277. The fourth-order valence-electron chi connectivity index (χ4n) is 5.28. The highest BCUT2D eigenvalue weighted by Gasteiger charge is 2.37. The van der Waals surface area contributed by atoms with Crippen LogP contribution in [0, 0.1) is 0 Å². The zero-order valence-corrected chi connectivity index (χ0v) is 22.7. The lowest BCUT2D eigenvalue weighted by Crippen LogP contribution is -2.00. The van der Waals surface area contributed by atoms with E-state index in [4.69, 9.17) is 32.2 Å². The number of rotatable bonds is 2. The molecule has 0 unspecified atom stereocenters. The van der Waals surface area contributed by atoms with Crippen LogP contribution in [-0.2, 0) is 4.57 Å². The molecule has 0 amide bonds. The fraction of sp³-hybridized carbons (Fsp3) is 0. The third kappa shape index (κ3) is 4.17. The van der Waals surface area contributed by atoms with E-state index in [0.29, 0.717) is 32.3 Å². The monoisotopic (exact) mass is 568 g/mol. The van der Waals surface area contributed by atoms with Gasteiger partial charge < -0.3 is 9.05 Å². The van der Waals surface area contributed by atoms with E-state index in [2.05, 4.69) is 0 Å². The molecule has 7 rings (SSSR count). The third-order valence-electron chi connectivity index (χ3n) is 6.98. The summed E-state index contributed by atoms with van der Waals surface area (Å²) in [6, 6.07) is 34.4. The first-order valence-corrected chi connectivity index (χ1v) is 14.5. The SMILES string of the molecule is O=P1(O)Oc2c(-c3ccc(Cl)cc3)cc3ccccc3c2-c2c(c(-c3ccc(Cl)cc3)cc3ccccc23)O1. The molecule has 190 valence electrons. The Morgan fingerprint density at radius 3 is 1.36 bits per heavy atom. The number of fused-ring (bicyclic) bond motifs is 7. The van der Waals surface area contributed by atoms with Crippen LogP contribution in [0.5, 0.6) is 11.5 Å². The number of hydrogen-bond acceptors (Lipinski definition) is 3. The smallest absolute Gasteiger partial charge is 0.394 e. The van der Waals surface area contributed by atoms with Crippen LogP contribution in [0.25, 0.3) is 54.9 Å². The van der Waals surface area contributed by atoms with Crippen molar-refractivity contribution in [1.82, 2.24) is 0 Å². The van der Waals surface area contributed by atoms with Crippen LogP contribution >= 0.6 is 31.0 Å². The molecule has 6 aromatic carbocycles. The first-order valence-electron chi connectivity index (χ1n) is 12.2. The Labute approximate surface area is 234 Å². The highest BCUT2D eigenvalue weighted by atomic mass is 35.5. The summed E-state index contributed by atoms with van der Waals surface area (Å²) in [7, 11) is -4.62. The summed E-state index contributed by atoms with van der Waals surface area (Å²) in [5.41, 5.74) is 4.28. The van der Waals surface area contributed by atoms with Crippen molar-refractivity contribution in [3.8, 4) is 44.9 Å². The van der Waals surface area contributed by atoms with Crippen molar-refractivity contribution in [3.05, 3.63) is 119 Å². The third-order valence-corrected chi connectivity index (χ3v) is 8.31. The lowest BCUT2D eigenvalue weighted by Gasteiger charge is -2.18. The van der Waals surface area contributed by atoms with Crippen molar-refractivity contribution in [2.45, 2.75) is 0 Å². The van der Waals surface area contributed by atoms with Crippen LogP contribution in [-0.4, -0.2) is 4.89 Å². The Morgan fingerprint density at radius 2 is 0.949 bits per heavy atom. The highest BCUT2D eigenvalue weighted by molar-refractivity contribution is 7.48. The normalized spacial score (nSPS) is 13.7. The van der Waals surface area contributed by atoms with Gasteiger partial charge >= 0.3 is 7.82 Å². The maximum Gasteiger partial charge on any atom is 0.584 e. The fourth-order valence-corrected chi connectivity index (χ4v) is 6.41. The summed E-state index contributed by atoms with van der Waals surface area (Å²) in [5.74, 6) is 0.554. The molecular weight excluding hydrogens is 550 g/mol. The Bertz CT molecular complexity index is 1830. The van der Waals surface area contributed by atoms with Gasteiger partial charge in [0.1, 0.15) is 11.5 Å². The van der Waals surface area contributed by atoms with Crippen LogP contribution < -0.4 is 9.05 Å². The second kappa shape index (κ2) is 9.15. The van der Waals surface area contributed by atoms with Crippen LogP contribution in [0.2, 0.25) is 10.0 Å². The Balaban J connectivity index is 1.69. The number of benzene rings is 6. The molecular formula is C32H19Cl2O4P. The molecule has 0 fully saturated rings. The molecule has 0 radical (unpaired) electrons. The molecule has 0 saturated heterocycles. The van der Waals surface area contributed by atoms with Gasteiger partial charge in [0.25, 0.3) is 0 Å². The van der Waals surface area contributed by atoms with Crippen LogP contribution in [0.3, 0.4) is 0 Å². The summed E-state index contributed by atoms with van der Waals surface area (Å²) in [5, 5.41) is 4.82. The largest absolute Gasteiger partial charge is 0.584 e. The van der Waals surface area contributed by atoms with Crippen LogP contribution in [0.15, 0.2) is 109 Å². The maximum atomic E-state index is 13.6. The van der Waals surface area contributed by atoms with Crippen molar-refractivity contribution < 1.29 is 18.5 Å². The molecule has 6 aromatic rings. The van der Waals surface area contributed by atoms with E-state index in [1.807, 2.05) is 84.9 Å². The molecule has 7 heteroatoms. The molecule has 0 aliphatic carbocycles. The number of hydrogen-bond donors (Lipinski definition) is 1. The van der Waals surface area contributed by atoms with Crippen molar-refractivity contribution in [1.29, 1.82) is 0 Å². The lowest BCUT2D eigenvalue weighted by molar-refractivity contribution is 0.295. The molecule has 0 atom stereocenters. The zero-order chi connectivity index (χ0) is 26.7. The van der Waals surface area contributed by atoms with Gasteiger partial charge in [0.15, 0.2) is 0 Å². The van der Waals surface area contributed by atoms with Gasteiger partial charge in [-0.15, -0.1) is 0 Å². The Hall–Kier alpha value is -3.79. The molecule has 0 saturated carbocycles. The summed E-state index contributed by atoms with van der Waals surface area (Å²) < 4.78 is 25.5. The van der Waals surface area contributed by atoms with Gasteiger partial charge in [-0.2, -0.15) is 0 Å². The molecule has 1 N–H and O–H groups in total. The van der Waals surface area contributed by atoms with E-state index in [1.54, 1.807) is 24.3 Å². The topological polar surface area (TPSA) is 55.8 Å². The molecule has 1 aliphatic heterocycles. The molecule has 1 heterocycles. The maximum absolute atomic E-state index is 13.6. The van der Waals surface area contributed by atoms with E-state index in [1.165, 1.54) is 0 Å². The van der Waals surface area contributed by atoms with E-state index in [9.17, 15) is 9.46 Å². The molecule has 1 aliphatic rings. The van der Waals surface area contributed by atoms with Gasteiger partial charge in [-0.05, 0) is 69.1 Å². The molecule has 4 nitrogen and oxygen atoms in total. The molecule has 0 spiro atoms. The summed E-state index contributed by atoms with van der Waals surface area (Å²) >= 11 is 12.4. The van der Waals surface area contributed by atoms with Crippen molar-refractivity contribution in [3.63, 3.8) is 0 Å². The average Bonchev–Trinajstić information content (AvgIpc) is 3.06. The summed E-state index contributed by atoms with van der Waals surface area (Å²) in [4.78, 5) is 11.1. The van der Waals surface area contributed by atoms with Crippen molar-refractivity contribution >= 4 is 52.6 Å². The predicted octanol–water partition coefficient (Wildman–Crippen LogP) is 10.2. The Kier molecular flexibility index (Phi) is 5.69. The zero-order valence-electron chi connectivity index (χ0n) is 20.3. The second-order valence-corrected chi connectivity index (χ2v) is 11.5. The minimum Gasteiger partial charge on any atom is -0.394 e. The van der Waals surface area contributed by atoms with E-state index in [0.717, 1.165) is 32.7 Å².